The lowest BCUT2D eigenvalue weighted by Crippen LogP contribution is -2.24. The zero-order valence-electron chi connectivity index (χ0n) is 24.5. The molecule has 4 aromatic rings. The second kappa shape index (κ2) is 13.4. The molecule has 1 fully saturated rings. The van der Waals surface area contributed by atoms with E-state index in [0.717, 1.165) is 0 Å². The topological polar surface area (TPSA) is 135 Å². The van der Waals surface area contributed by atoms with E-state index >= 15 is 0 Å². The number of carbonyl (C=O) groups is 2. The predicted octanol–water partition coefficient (Wildman–Crippen LogP) is 3.78. The van der Waals surface area contributed by atoms with E-state index in [9.17, 15) is 18.4 Å². The summed E-state index contributed by atoms with van der Waals surface area (Å²) >= 11 is 0. The Morgan fingerprint density at radius 2 is 1.89 bits per heavy atom. The quantitative estimate of drug-likeness (QED) is 0.239. The van der Waals surface area contributed by atoms with Crippen LogP contribution < -0.4 is 10.5 Å². The summed E-state index contributed by atoms with van der Waals surface area (Å²) < 4.78 is 39.7. The summed E-state index contributed by atoms with van der Waals surface area (Å²) in [6.07, 6.45) is 2.45. The fourth-order valence-corrected chi connectivity index (χ4v) is 5.36. The Labute approximate surface area is 252 Å². The summed E-state index contributed by atoms with van der Waals surface area (Å²) in [5.41, 5.74) is 8.96. The Hall–Kier alpha value is -4.59. The summed E-state index contributed by atoms with van der Waals surface area (Å²) in [6.45, 7) is 3.16. The Morgan fingerprint density at radius 3 is 2.57 bits per heavy atom. The molecule has 0 spiro atoms. The molecule has 1 aromatic carbocycles. The minimum Gasteiger partial charge on any atom is -0.480 e. The number of hydrogen-bond donors (Lipinski definition) is 1. The van der Waals surface area contributed by atoms with Gasteiger partial charge in [0.05, 0.1) is 30.8 Å². The van der Waals surface area contributed by atoms with Gasteiger partial charge in [0.25, 0.3) is 5.91 Å². The molecule has 0 bridgehead atoms. The minimum absolute atomic E-state index is 0.00549. The number of nitrogens with two attached hydrogens (primary N) is 1. The summed E-state index contributed by atoms with van der Waals surface area (Å²) in [4.78, 5) is 39.7. The molecule has 0 unspecified atom stereocenters. The summed E-state index contributed by atoms with van der Waals surface area (Å²) in [6, 6.07) is 10.3. The molecule has 4 heterocycles. The Kier molecular flexibility index (Phi) is 9.37. The molecule has 0 radical (unpaired) electrons. The van der Waals surface area contributed by atoms with E-state index in [2.05, 4.69) is 9.97 Å². The van der Waals surface area contributed by atoms with Crippen LogP contribution in [-0.2, 0) is 20.8 Å². The van der Waals surface area contributed by atoms with Crippen molar-refractivity contribution in [2.45, 2.75) is 25.9 Å². The van der Waals surface area contributed by atoms with Gasteiger partial charge in [0, 0.05) is 56.9 Å². The molecule has 11 nitrogen and oxygen atoms in total. The van der Waals surface area contributed by atoms with Crippen LogP contribution in [0.15, 0.2) is 54.9 Å². The molecule has 0 saturated carbocycles. The van der Waals surface area contributed by atoms with Crippen LogP contribution in [0.4, 0.5) is 8.78 Å². The number of rotatable bonds is 12. The van der Waals surface area contributed by atoms with Gasteiger partial charge >= 0.3 is 0 Å². The van der Waals surface area contributed by atoms with Crippen LogP contribution in [0.5, 0.6) is 5.88 Å². The van der Waals surface area contributed by atoms with Gasteiger partial charge < -0.3 is 15.2 Å². The number of primary amides is 1. The number of aromatic nitrogens is 4. The van der Waals surface area contributed by atoms with Crippen molar-refractivity contribution in [3.63, 3.8) is 0 Å². The van der Waals surface area contributed by atoms with Crippen LogP contribution in [0.1, 0.15) is 39.7 Å². The van der Waals surface area contributed by atoms with Crippen LogP contribution in [0.25, 0.3) is 16.9 Å². The number of hydrogen-bond acceptors (Lipinski definition) is 9. The Morgan fingerprint density at radius 1 is 1.11 bits per heavy atom. The maximum Gasteiger partial charge on any atom is 0.254 e. The first-order valence-electron chi connectivity index (χ1n) is 13.9. The van der Waals surface area contributed by atoms with Gasteiger partial charge in [-0.25, -0.2) is 19.0 Å². The second-order valence-corrected chi connectivity index (χ2v) is 10.5. The average Bonchev–Trinajstić information content (AvgIpc) is 3.56. The summed E-state index contributed by atoms with van der Waals surface area (Å²) in [5.74, 6) is -2.06. The molecule has 2 atom stereocenters. The average molecular weight is 607 g/mol. The van der Waals surface area contributed by atoms with Crippen molar-refractivity contribution < 1.29 is 32.7 Å². The number of halogens is 2. The fourth-order valence-electron chi connectivity index (χ4n) is 5.36. The van der Waals surface area contributed by atoms with Gasteiger partial charge in [-0.2, -0.15) is 14.6 Å². The lowest BCUT2D eigenvalue weighted by Gasteiger charge is -2.17. The lowest BCUT2D eigenvalue weighted by molar-refractivity contribution is -0.155. The highest BCUT2D eigenvalue weighted by Gasteiger charge is 2.37. The number of carbonyl (C=O) groups excluding carboxylic acids is 2. The van der Waals surface area contributed by atoms with Gasteiger partial charge in [-0.3, -0.25) is 14.4 Å². The maximum atomic E-state index is 14.0. The Bertz CT molecular complexity index is 1660. The summed E-state index contributed by atoms with van der Waals surface area (Å²) in [5, 5.41) is 6.48. The molecule has 1 aliphatic rings. The second-order valence-electron chi connectivity index (χ2n) is 10.5. The molecule has 3 aromatic heterocycles. The van der Waals surface area contributed by atoms with Crippen molar-refractivity contribution >= 4 is 11.7 Å². The number of amides is 1. The SMILES string of the molecule is COCCN1C[C@@H](CC(=O)Cc2c(C)c(-c3cnc(OC)c(C(N)=O)c3)nn2-c2ccc(F)cc2)[C@H](c2ccnc(F)c2)O1. The zero-order chi connectivity index (χ0) is 31.4. The van der Waals surface area contributed by atoms with Gasteiger partial charge in [-0.1, -0.05) is 0 Å². The number of methoxy groups -OCH3 is 2. The predicted molar refractivity (Wildman–Crippen MR) is 155 cm³/mol. The van der Waals surface area contributed by atoms with E-state index in [1.54, 1.807) is 35.1 Å². The molecule has 44 heavy (non-hydrogen) atoms. The largest absolute Gasteiger partial charge is 0.480 e. The first kappa shape index (κ1) is 30.9. The van der Waals surface area contributed by atoms with Gasteiger partial charge in [0.1, 0.15) is 23.3 Å². The van der Waals surface area contributed by atoms with Crippen molar-refractivity contribution in [2.75, 3.05) is 33.9 Å². The third-order valence-electron chi connectivity index (χ3n) is 7.51. The van der Waals surface area contributed by atoms with Crippen molar-refractivity contribution in [2.24, 2.45) is 11.7 Å². The number of nitrogens with zero attached hydrogens (tertiary/aromatic N) is 5. The van der Waals surface area contributed by atoms with E-state index in [4.69, 9.17) is 25.1 Å². The van der Waals surface area contributed by atoms with Crippen molar-refractivity contribution in [1.82, 2.24) is 24.8 Å². The molecule has 1 aliphatic heterocycles. The zero-order valence-corrected chi connectivity index (χ0v) is 24.5. The van der Waals surface area contributed by atoms with Crippen molar-refractivity contribution in [3.8, 4) is 22.8 Å². The third-order valence-corrected chi connectivity index (χ3v) is 7.51. The molecular formula is C31H32F2N6O5. The molecule has 1 amide bonds. The van der Waals surface area contributed by atoms with Crippen LogP contribution in [-0.4, -0.2) is 70.4 Å². The van der Waals surface area contributed by atoms with E-state index < -0.39 is 23.8 Å². The van der Waals surface area contributed by atoms with Gasteiger partial charge in [-0.15, -0.1) is 0 Å². The van der Waals surface area contributed by atoms with E-state index in [1.165, 1.54) is 43.8 Å². The highest BCUT2D eigenvalue weighted by atomic mass is 19.1. The molecule has 13 heteroatoms. The highest BCUT2D eigenvalue weighted by Crippen LogP contribution is 2.37. The standard InChI is InChI=1S/C31H32F2N6O5/c1-18-26(15-24(40)12-21-17-38(10-11-42-2)44-29(21)19-8-9-35-27(33)14-19)39(23-6-4-22(32)5-7-23)37-28(18)20-13-25(30(34)41)31(43-3)36-16-20/h4-9,13-14,16,21,29H,10-12,15,17H2,1-3H3,(H2,34,41)/t21-,29+/m1/s1. The molecule has 0 aliphatic carbocycles. The number of ether oxygens (including phenoxy) is 2. The number of benzene rings is 1. The van der Waals surface area contributed by atoms with Crippen LogP contribution in [0.2, 0.25) is 0 Å². The molecule has 5 rings (SSSR count). The molecule has 1 saturated heterocycles. The van der Waals surface area contributed by atoms with Gasteiger partial charge in [0.2, 0.25) is 11.8 Å². The first-order chi connectivity index (χ1) is 21.2. The normalized spacial score (nSPS) is 16.8. The minimum atomic E-state index is -0.718. The number of ketones is 1. The van der Waals surface area contributed by atoms with Crippen LogP contribution in [0.3, 0.4) is 0 Å². The van der Waals surface area contributed by atoms with E-state index in [1.807, 2.05) is 6.92 Å². The number of hydroxylamine groups is 2. The molecule has 2 N–H and O–H groups in total. The number of pyridine rings is 2. The van der Waals surface area contributed by atoms with Gasteiger partial charge in [0.15, 0.2) is 0 Å². The van der Waals surface area contributed by atoms with Crippen LogP contribution in [0, 0.1) is 24.6 Å². The fraction of sp³-hybridized carbons (Fsp3) is 0.323. The smallest absolute Gasteiger partial charge is 0.254 e. The summed E-state index contributed by atoms with van der Waals surface area (Å²) in [7, 11) is 2.97. The van der Waals surface area contributed by atoms with Crippen molar-refractivity contribution in [3.05, 3.63) is 89.0 Å². The third kappa shape index (κ3) is 6.64. The van der Waals surface area contributed by atoms with Crippen LogP contribution >= 0.6 is 0 Å². The van der Waals surface area contributed by atoms with E-state index in [0.29, 0.717) is 53.5 Å². The first-order valence-corrected chi connectivity index (χ1v) is 13.9. The van der Waals surface area contributed by atoms with Crippen molar-refractivity contribution in [1.29, 1.82) is 0 Å². The maximum absolute atomic E-state index is 14.0. The molecule has 230 valence electrons. The van der Waals surface area contributed by atoms with Gasteiger partial charge in [-0.05, 0) is 60.5 Å². The Balaban J connectivity index is 1.47. The highest BCUT2D eigenvalue weighted by molar-refractivity contribution is 5.96. The monoisotopic (exact) mass is 606 g/mol. The van der Waals surface area contributed by atoms with E-state index in [-0.39, 0.29) is 36.0 Å². The number of Topliss-reactive ketones (excluding diaryl/α,β-unsaturated/α-hetero) is 1. The lowest BCUT2D eigenvalue weighted by atomic mass is 9.91. The molecular weight excluding hydrogens is 574 g/mol.